The van der Waals surface area contributed by atoms with Gasteiger partial charge in [-0.2, -0.15) is 18.3 Å². The molecule has 0 saturated heterocycles. The van der Waals surface area contributed by atoms with Gasteiger partial charge in [0.15, 0.2) is 6.04 Å². The Morgan fingerprint density at radius 1 is 1.12 bits per heavy atom. The quantitative estimate of drug-likeness (QED) is 0.776. The highest BCUT2D eigenvalue weighted by molar-refractivity contribution is 5.21. The summed E-state index contributed by atoms with van der Waals surface area (Å²) in [4.78, 5) is 0. The molecule has 0 bridgehead atoms. The van der Waals surface area contributed by atoms with Crippen LogP contribution in [0.1, 0.15) is 11.6 Å². The van der Waals surface area contributed by atoms with Gasteiger partial charge in [-0.25, -0.2) is 11.0 Å². The highest BCUT2D eigenvalue weighted by atomic mass is 19.4. The van der Waals surface area contributed by atoms with Gasteiger partial charge in [-0.1, -0.05) is 35.6 Å². The number of rotatable bonds is 1. The van der Waals surface area contributed by atoms with E-state index in [-0.39, 0.29) is 0 Å². The van der Waals surface area contributed by atoms with E-state index in [4.69, 9.17) is 0 Å². The number of nitrogens with one attached hydrogen (secondary N) is 2. The smallest absolute Gasteiger partial charge is 0.224 e. The third-order valence-corrected chi connectivity index (χ3v) is 2.26. The van der Waals surface area contributed by atoms with Crippen LogP contribution in [0.3, 0.4) is 0 Å². The van der Waals surface area contributed by atoms with Gasteiger partial charge < -0.3 is 0 Å². The second-order valence-electron chi connectivity index (χ2n) is 3.35. The maximum absolute atomic E-state index is 12.7. The topological polar surface area (TPSA) is 48.8 Å². The highest BCUT2D eigenvalue weighted by Crippen LogP contribution is 2.33. The SMILES string of the molecule is FC(F)(F)C1N=NNNC1c1ccccc1. The predicted molar refractivity (Wildman–Crippen MR) is 50.2 cm³/mol. The molecule has 2 atom stereocenters. The second-order valence-corrected chi connectivity index (χ2v) is 3.35. The third kappa shape index (κ3) is 2.13. The number of halogens is 3. The van der Waals surface area contributed by atoms with E-state index in [9.17, 15) is 13.2 Å². The molecule has 7 heteroatoms. The standard InChI is InChI=1S/C9H9F3N4/c10-9(11,12)8-7(13-15-16-14-8)6-4-2-1-3-5-6/h1-5,7-8H,(H,13,16)(H,14,15). The fourth-order valence-corrected chi connectivity index (χ4v) is 1.52. The van der Waals surface area contributed by atoms with E-state index in [2.05, 4.69) is 21.3 Å². The van der Waals surface area contributed by atoms with Crippen molar-refractivity contribution in [1.82, 2.24) is 11.0 Å². The summed E-state index contributed by atoms with van der Waals surface area (Å²) in [5.74, 6) is 0. The van der Waals surface area contributed by atoms with E-state index in [0.717, 1.165) is 0 Å². The highest BCUT2D eigenvalue weighted by Gasteiger charge is 2.47. The Kier molecular flexibility index (Phi) is 2.78. The van der Waals surface area contributed by atoms with Crippen molar-refractivity contribution in [1.29, 1.82) is 0 Å². The molecule has 2 unspecified atom stereocenters. The molecule has 1 aromatic carbocycles. The van der Waals surface area contributed by atoms with Gasteiger partial charge in [0.05, 0.1) is 6.04 Å². The van der Waals surface area contributed by atoms with Crippen LogP contribution in [0, 0.1) is 0 Å². The third-order valence-electron chi connectivity index (χ3n) is 2.26. The Morgan fingerprint density at radius 2 is 1.81 bits per heavy atom. The van der Waals surface area contributed by atoms with Gasteiger partial charge in [-0.15, -0.1) is 0 Å². The summed E-state index contributed by atoms with van der Waals surface area (Å²) < 4.78 is 38.0. The fraction of sp³-hybridized carbons (Fsp3) is 0.333. The van der Waals surface area contributed by atoms with Crippen molar-refractivity contribution in [3.8, 4) is 0 Å². The first-order chi connectivity index (χ1) is 7.59. The minimum absolute atomic E-state index is 0.510. The molecule has 2 N–H and O–H groups in total. The van der Waals surface area contributed by atoms with E-state index in [0.29, 0.717) is 5.56 Å². The van der Waals surface area contributed by atoms with Crippen molar-refractivity contribution in [2.24, 2.45) is 10.3 Å². The van der Waals surface area contributed by atoms with E-state index in [1.165, 1.54) is 0 Å². The lowest BCUT2D eigenvalue weighted by Crippen LogP contribution is -2.47. The fourth-order valence-electron chi connectivity index (χ4n) is 1.52. The molecule has 0 aliphatic carbocycles. The van der Waals surface area contributed by atoms with Gasteiger partial charge in [0.25, 0.3) is 0 Å². The molecule has 0 fully saturated rings. The lowest BCUT2D eigenvalue weighted by atomic mass is 10.00. The van der Waals surface area contributed by atoms with E-state index in [1.54, 1.807) is 30.3 Å². The first kappa shape index (κ1) is 10.9. The average molecular weight is 230 g/mol. The summed E-state index contributed by atoms with van der Waals surface area (Å²) in [6, 6.07) is 5.49. The minimum Gasteiger partial charge on any atom is -0.224 e. The predicted octanol–water partition coefficient (Wildman–Crippen LogP) is 2.13. The number of hydrogen-bond donors (Lipinski definition) is 2. The maximum Gasteiger partial charge on any atom is 0.414 e. The number of alkyl halides is 3. The van der Waals surface area contributed by atoms with Crippen LogP contribution in [0.4, 0.5) is 13.2 Å². The average Bonchev–Trinajstić information content (AvgIpc) is 2.29. The van der Waals surface area contributed by atoms with Crippen LogP contribution in [-0.4, -0.2) is 12.2 Å². The maximum atomic E-state index is 12.7. The van der Waals surface area contributed by atoms with Crippen LogP contribution in [0.15, 0.2) is 40.7 Å². The monoisotopic (exact) mass is 230 g/mol. The molecule has 0 aromatic heterocycles. The number of hydrazine groups is 1. The van der Waals surface area contributed by atoms with Crippen LogP contribution < -0.4 is 11.0 Å². The van der Waals surface area contributed by atoms with Crippen molar-refractivity contribution >= 4 is 0 Å². The van der Waals surface area contributed by atoms with Gasteiger partial charge in [0.1, 0.15) is 0 Å². The molecule has 16 heavy (non-hydrogen) atoms. The van der Waals surface area contributed by atoms with Crippen molar-refractivity contribution in [3.05, 3.63) is 35.9 Å². The van der Waals surface area contributed by atoms with Crippen molar-refractivity contribution in [3.63, 3.8) is 0 Å². The molecule has 2 rings (SSSR count). The molecule has 0 spiro atoms. The Balaban J connectivity index is 2.29. The largest absolute Gasteiger partial charge is 0.414 e. The Hall–Kier alpha value is -1.63. The second kappa shape index (κ2) is 4.09. The molecule has 1 aliphatic rings. The van der Waals surface area contributed by atoms with Crippen LogP contribution >= 0.6 is 0 Å². The van der Waals surface area contributed by atoms with E-state index in [1.807, 2.05) is 0 Å². The summed E-state index contributed by atoms with van der Waals surface area (Å²) in [5, 5.41) is 6.33. The zero-order valence-electron chi connectivity index (χ0n) is 8.07. The van der Waals surface area contributed by atoms with Crippen LogP contribution in [-0.2, 0) is 0 Å². The van der Waals surface area contributed by atoms with Gasteiger partial charge in [-0.3, -0.25) is 0 Å². The molecule has 0 radical (unpaired) electrons. The normalized spacial score (nSPS) is 25.2. The van der Waals surface area contributed by atoms with Crippen LogP contribution in [0.25, 0.3) is 0 Å². The van der Waals surface area contributed by atoms with Crippen LogP contribution in [0.5, 0.6) is 0 Å². The van der Waals surface area contributed by atoms with Crippen molar-refractivity contribution in [2.45, 2.75) is 18.3 Å². The lowest BCUT2D eigenvalue weighted by molar-refractivity contribution is -0.159. The summed E-state index contributed by atoms with van der Waals surface area (Å²) in [6.45, 7) is 0. The van der Waals surface area contributed by atoms with Gasteiger partial charge in [-0.05, 0) is 5.56 Å². The minimum atomic E-state index is -4.42. The van der Waals surface area contributed by atoms with E-state index < -0.39 is 18.3 Å². The summed E-state index contributed by atoms with van der Waals surface area (Å²) in [7, 11) is 0. The molecule has 0 amide bonds. The lowest BCUT2D eigenvalue weighted by Gasteiger charge is -2.28. The first-order valence-corrected chi connectivity index (χ1v) is 4.61. The van der Waals surface area contributed by atoms with Crippen molar-refractivity contribution < 1.29 is 13.2 Å². The van der Waals surface area contributed by atoms with Gasteiger partial charge >= 0.3 is 6.18 Å². The van der Waals surface area contributed by atoms with E-state index >= 15 is 0 Å². The zero-order valence-corrected chi connectivity index (χ0v) is 8.07. The Bertz CT molecular complexity index is 376. The first-order valence-electron chi connectivity index (χ1n) is 4.61. The molecular weight excluding hydrogens is 221 g/mol. The van der Waals surface area contributed by atoms with Crippen molar-refractivity contribution in [2.75, 3.05) is 0 Å². The molecule has 86 valence electrons. The number of nitrogens with zero attached hydrogens (tertiary/aromatic N) is 2. The Labute approximate surface area is 89.5 Å². The molecule has 0 saturated carbocycles. The van der Waals surface area contributed by atoms with Crippen LogP contribution in [0.2, 0.25) is 0 Å². The zero-order chi connectivity index (χ0) is 11.6. The molecule has 1 aromatic rings. The molecule has 4 nitrogen and oxygen atoms in total. The number of benzene rings is 1. The summed E-state index contributed by atoms with van der Waals surface area (Å²) in [5.41, 5.74) is 5.22. The summed E-state index contributed by atoms with van der Waals surface area (Å²) in [6.07, 6.45) is -4.42. The van der Waals surface area contributed by atoms with Gasteiger partial charge in [0.2, 0.25) is 0 Å². The van der Waals surface area contributed by atoms with Gasteiger partial charge in [0, 0.05) is 0 Å². The Morgan fingerprint density at radius 3 is 2.44 bits per heavy atom. The molecule has 1 heterocycles. The number of hydrogen-bond acceptors (Lipinski definition) is 4. The molecule has 1 aliphatic heterocycles. The molecular formula is C9H9F3N4. The summed E-state index contributed by atoms with van der Waals surface area (Å²) >= 11 is 0.